The van der Waals surface area contributed by atoms with Crippen molar-refractivity contribution in [2.45, 2.75) is 20.3 Å². The lowest BCUT2D eigenvalue weighted by Crippen LogP contribution is -2.03. The topological polar surface area (TPSA) is 29.1 Å². The lowest BCUT2D eigenvalue weighted by atomic mass is 10.0. The summed E-state index contributed by atoms with van der Waals surface area (Å²) in [5.74, 6) is -0.370. The minimum Gasteiger partial charge on any atom is -0.352 e. The van der Waals surface area contributed by atoms with Crippen LogP contribution in [0.2, 0.25) is 5.02 Å². The van der Waals surface area contributed by atoms with E-state index < -0.39 is 5.82 Å². The summed E-state index contributed by atoms with van der Waals surface area (Å²) in [7, 11) is 0. The van der Waals surface area contributed by atoms with E-state index >= 15 is 0 Å². The summed E-state index contributed by atoms with van der Waals surface area (Å²) in [5.41, 5.74) is 2.80. The van der Waals surface area contributed by atoms with Crippen LogP contribution < -0.4 is 5.32 Å². The Balaban J connectivity index is 2.40. The largest absolute Gasteiger partial charge is 0.352 e. The fraction of sp³-hybridized carbons (Fsp3) is 0.188. The number of rotatable bonds is 4. The summed E-state index contributed by atoms with van der Waals surface area (Å²) in [6.07, 6.45) is 0.302. The molecule has 0 amide bonds. The first-order valence-corrected chi connectivity index (χ1v) is 6.65. The predicted molar refractivity (Wildman–Crippen MR) is 80.3 cm³/mol. The maximum Gasteiger partial charge on any atom is 0.148 e. The Morgan fingerprint density at radius 3 is 2.70 bits per heavy atom. The summed E-state index contributed by atoms with van der Waals surface area (Å²) in [5, 5.41) is 3.29. The molecule has 104 valence electrons. The minimum atomic E-state index is -0.424. The van der Waals surface area contributed by atoms with Gasteiger partial charge in [0.2, 0.25) is 0 Å². The SMILES string of the molecule is CC(=O)Cc1cc(C)ccc1Nc1c(F)cccc1Cl. The van der Waals surface area contributed by atoms with Crippen LogP contribution in [0, 0.1) is 12.7 Å². The molecule has 1 N–H and O–H groups in total. The predicted octanol–water partition coefficient (Wildman–Crippen LogP) is 4.66. The second kappa shape index (κ2) is 6.06. The second-order valence-corrected chi connectivity index (χ2v) is 5.17. The highest BCUT2D eigenvalue weighted by Gasteiger charge is 2.11. The van der Waals surface area contributed by atoms with Crippen molar-refractivity contribution in [3.63, 3.8) is 0 Å². The second-order valence-electron chi connectivity index (χ2n) is 4.76. The van der Waals surface area contributed by atoms with E-state index in [-0.39, 0.29) is 11.5 Å². The van der Waals surface area contributed by atoms with E-state index in [0.29, 0.717) is 17.1 Å². The summed E-state index contributed by atoms with van der Waals surface area (Å²) < 4.78 is 13.8. The highest BCUT2D eigenvalue weighted by Crippen LogP contribution is 2.30. The van der Waals surface area contributed by atoms with Crippen LogP contribution in [0.3, 0.4) is 0 Å². The van der Waals surface area contributed by atoms with E-state index in [1.54, 1.807) is 12.1 Å². The number of carbonyl (C=O) groups is 1. The lowest BCUT2D eigenvalue weighted by Gasteiger charge is -2.14. The number of para-hydroxylation sites is 1. The van der Waals surface area contributed by atoms with Crippen molar-refractivity contribution in [3.8, 4) is 0 Å². The van der Waals surface area contributed by atoms with E-state index in [9.17, 15) is 9.18 Å². The zero-order chi connectivity index (χ0) is 14.7. The molecule has 2 aromatic carbocycles. The first-order chi connectivity index (χ1) is 9.47. The molecule has 0 heterocycles. The normalized spacial score (nSPS) is 10.4. The van der Waals surface area contributed by atoms with Gasteiger partial charge in [-0.2, -0.15) is 0 Å². The Kier molecular flexibility index (Phi) is 4.40. The number of halogens is 2. The molecule has 0 spiro atoms. The van der Waals surface area contributed by atoms with Crippen LogP contribution in [0.5, 0.6) is 0 Å². The van der Waals surface area contributed by atoms with Gasteiger partial charge < -0.3 is 5.32 Å². The molecule has 2 nitrogen and oxygen atoms in total. The van der Waals surface area contributed by atoms with Gasteiger partial charge in [-0.1, -0.05) is 35.4 Å². The molecule has 0 unspecified atom stereocenters. The molecule has 0 aromatic heterocycles. The number of anilines is 2. The highest BCUT2D eigenvalue weighted by atomic mass is 35.5. The summed E-state index contributed by atoms with van der Waals surface area (Å²) >= 11 is 6.00. The molecular formula is C16H15ClFNO. The van der Waals surface area contributed by atoms with Crippen LogP contribution in [0.25, 0.3) is 0 Å². The standard InChI is InChI=1S/C16H15ClFNO/c1-10-6-7-15(12(8-10)9-11(2)20)19-16-13(17)4-3-5-14(16)18/h3-8,19H,9H2,1-2H3. The Hall–Kier alpha value is -1.87. The third-order valence-corrected chi connectivity index (χ3v) is 3.24. The van der Waals surface area contributed by atoms with Crippen molar-refractivity contribution in [1.82, 2.24) is 0 Å². The first kappa shape index (κ1) is 14.5. The third-order valence-electron chi connectivity index (χ3n) is 2.92. The van der Waals surface area contributed by atoms with E-state index in [1.165, 1.54) is 13.0 Å². The van der Waals surface area contributed by atoms with Gasteiger partial charge in [0, 0.05) is 12.1 Å². The van der Waals surface area contributed by atoms with Crippen LogP contribution in [0.1, 0.15) is 18.1 Å². The van der Waals surface area contributed by atoms with Crippen LogP contribution in [0.15, 0.2) is 36.4 Å². The highest BCUT2D eigenvalue weighted by molar-refractivity contribution is 6.33. The van der Waals surface area contributed by atoms with Crippen LogP contribution in [-0.2, 0) is 11.2 Å². The fourth-order valence-corrected chi connectivity index (χ4v) is 2.22. The van der Waals surface area contributed by atoms with Gasteiger partial charge in [0.15, 0.2) is 0 Å². The molecule has 0 fully saturated rings. The summed E-state index contributed by atoms with van der Waals surface area (Å²) in [6, 6.07) is 10.2. The molecule has 0 saturated heterocycles. The molecule has 20 heavy (non-hydrogen) atoms. The van der Waals surface area contributed by atoms with Crippen LogP contribution in [-0.4, -0.2) is 5.78 Å². The smallest absolute Gasteiger partial charge is 0.148 e. The zero-order valence-corrected chi connectivity index (χ0v) is 12.1. The van der Waals surface area contributed by atoms with Crippen LogP contribution in [0.4, 0.5) is 15.8 Å². The lowest BCUT2D eigenvalue weighted by molar-refractivity contribution is -0.116. The molecule has 2 aromatic rings. The number of benzene rings is 2. The number of aryl methyl sites for hydroxylation is 1. The van der Waals surface area contributed by atoms with Crippen molar-refractivity contribution in [2.75, 3.05) is 5.32 Å². The van der Waals surface area contributed by atoms with Crippen molar-refractivity contribution >= 4 is 28.8 Å². The minimum absolute atomic E-state index is 0.0540. The average molecular weight is 292 g/mol. The Morgan fingerprint density at radius 2 is 2.05 bits per heavy atom. The van der Waals surface area contributed by atoms with Crippen molar-refractivity contribution in [1.29, 1.82) is 0 Å². The molecule has 0 aliphatic carbocycles. The molecule has 0 bridgehead atoms. The maximum absolute atomic E-state index is 13.8. The Morgan fingerprint density at radius 1 is 1.30 bits per heavy atom. The number of nitrogens with one attached hydrogen (secondary N) is 1. The van der Waals surface area contributed by atoms with Crippen molar-refractivity contribution in [2.24, 2.45) is 0 Å². The zero-order valence-electron chi connectivity index (χ0n) is 11.3. The van der Waals surface area contributed by atoms with E-state index in [0.717, 1.165) is 11.1 Å². The Bertz CT molecular complexity index is 635. The number of carbonyl (C=O) groups excluding carboxylic acids is 1. The van der Waals surface area contributed by atoms with Gasteiger partial charge in [0.05, 0.1) is 10.7 Å². The van der Waals surface area contributed by atoms with Gasteiger partial charge in [-0.05, 0) is 37.6 Å². The average Bonchev–Trinajstić information content (AvgIpc) is 2.35. The van der Waals surface area contributed by atoms with Gasteiger partial charge in [-0.3, -0.25) is 4.79 Å². The van der Waals surface area contributed by atoms with Gasteiger partial charge >= 0.3 is 0 Å². The quantitative estimate of drug-likeness (QED) is 0.887. The molecule has 0 atom stereocenters. The number of hydrogen-bond acceptors (Lipinski definition) is 2. The molecule has 0 aliphatic rings. The first-order valence-electron chi connectivity index (χ1n) is 6.27. The number of hydrogen-bond donors (Lipinski definition) is 1. The molecule has 2 rings (SSSR count). The molecular weight excluding hydrogens is 277 g/mol. The maximum atomic E-state index is 13.8. The fourth-order valence-electron chi connectivity index (χ4n) is 2.01. The van der Waals surface area contributed by atoms with Crippen molar-refractivity contribution < 1.29 is 9.18 Å². The van der Waals surface area contributed by atoms with Crippen molar-refractivity contribution in [3.05, 3.63) is 58.4 Å². The van der Waals surface area contributed by atoms with E-state index in [4.69, 9.17) is 11.6 Å². The molecule has 0 radical (unpaired) electrons. The van der Waals surface area contributed by atoms with E-state index in [1.807, 2.05) is 25.1 Å². The van der Waals surface area contributed by atoms with Gasteiger partial charge in [0.25, 0.3) is 0 Å². The van der Waals surface area contributed by atoms with Crippen LogP contribution >= 0.6 is 11.6 Å². The third kappa shape index (κ3) is 3.36. The number of ketones is 1. The molecule has 0 saturated carbocycles. The number of Topliss-reactive ketones (excluding diaryl/α,β-unsaturated/α-hetero) is 1. The summed E-state index contributed by atoms with van der Waals surface area (Å²) in [4.78, 5) is 11.3. The summed E-state index contributed by atoms with van der Waals surface area (Å²) in [6.45, 7) is 3.48. The van der Waals surface area contributed by atoms with E-state index in [2.05, 4.69) is 5.32 Å². The van der Waals surface area contributed by atoms with Gasteiger partial charge in [0.1, 0.15) is 11.6 Å². The monoisotopic (exact) mass is 291 g/mol. The molecule has 4 heteroatoms. The van der Waals surface area contributed by atoms with Gasteiger partial charge in [-0.25, -0.2) is 4.39 Å². The van der Waals surface area contributed by atoms with Gasteiger partial charge in [-0.15, -0.1) is 0 Å². The molecule has 0 aliphatic heterocycles. The Labute approximate surface area is 122 Å².